The van der Waals surface area contributed by atoms with Gasteiger partial charge in [0, 0.05) is 32.1 Å². The summed E-state index contributed by atoms with van der Waals surface area (Å²) in [4.78, 5) is 17.5. The van der Waals surface area contributed by atoms with Gasteiger partial charge in [0.1, 0.15) is 12.4 Å². The van der Waals surface area contributed by atoms with E-state index < -0.39 is 0 Å². The zero-order valence-electron chi connectivity index (χ0n) is 20.9. The highest BCUT2D eigenvalue weighted by Gasteiger charge is 2.36. The maximum atomic E-state index is 13.6. The number of phenols is 1. The standard InChI is InChI=1S/C29H32N2O5/c1-30(2)21-8-10-22(11-9-21)31-28(33)16-20-15-26(34-3)27(36-18-24-5-4-14-35-24)17-25(20)29(31)19-6-12-23(32)13-7-19/h6-13,15,17,24,29,32H,4-5,14,16,18H2,1-3H3/t24-,29?/m1/s1. The molecule has 36 heavy (non-hydrogen) atoms. The Morgan fingerprint density at radius 2 is 1.81 bits per heavy atom. The highest BCUT2D eigenvalue weighted by Crippen LogP contribution is 2.44. The smallest absolute Gasteiger partial charge is 0.232 e. The molecule has 2 aliphatic heterocycles. The van der Waals surface area contributed by atoms with Crippen molar-refractivity contribution in [1.29, 1.82) is 0 Å². The Balaban J connectivity index is 1.59. The second kappa shape index (κ2) is 10.1. The van der Waals surface area contributed by atoms with E-state index in [9.17, 15) is 9.90 Å². The molecule has 0 aromatic heterocycles. The van der Waals surface area contributed by atoms with Crippen LogP contribution in [0.15, 0.2) is 60.7 Å². The number of phenolic OH excluding ortho intramolecular Hbond substituents is 1. The molecule has 0 radical (unpaired) electrons. The van der Waals surface area contributed by atoms with Crippen LogP contribution in [-0.2, 0) is 16.0 Å². The SMILES string of the molecule is COc1cc2c(cc1OC[C@H]1CCCO1)C(c1ccc(O)cc1)N(c1ccc(N(C)C)cc1)C(=O)C2. The predicted molar refractivity (Wildman–Crippen MR) is 139 cm³/mol. The van der Waals surface area contributed by atoms with Crippen LogP contribution in [0.4, 0.5) is 11.4 Å². The van der Waals surface area contributed by atoms with Crippen LogP contribution in [0.2, 0.25) is 0 Å². The number of carbonyl (C=O) groups excluding carboxylic acids is 1. The number of amides is 1. The van der Waals surface area contributed by atoms with Crippen molar-refractivity contribution in [3.63, 3.8) is 0 Å². The number of nitrogens with zero attached hydrogens (tertiary/aromatic N) is 2. The molecule has 188 valence electrons. The molecule has 3 aromatic carbocycles. The highest BCUT2D eigenvalue weighted by molar-refractivity contribution is 5.98. The molecule has 1 saturated heterocycles. The van der Waals surface area contributed by atoms with Crippen LogP contribution in [0.3, 0.4) is 0 Å². The number of rotatable bonds is 7. The van der Waals surface area contributed by atoms with Gasteiger partial charge in [0.05, 0.1) is 25.7 Å². The summed E-state index contributed by atoms with van der Waals surface area (Å²) < 4.78 is 17.6. The fourth-order valence-electron chi connectivity index (χ4n) is 4.98. The zero-order valence-corrected chi connectivity index (χ0v) is 20.9. The molecule has 1 N–H and O–H groups in total. The molecule has 7 nitrogen and oxygen atoms in total. The lowest BCUT2D eigenvalue weighted by Gasteiger charge is -2.38. The third-order valence-corrected chi connectivity index (χ3v) is 6.89. The lowest BCUT2D eigenvalue weighted by atomic mass is 9.86. The van der Waals surface area contributed by atoms with Crippen LogP contribution < -0.4 is 19.3 Å². The number of anilines is 2. The lowest BCUT2D eigenvalue weighted by Crippen LogP contribution is -2.41. The van der Waals surface area contributed by atoms with E-state index in [4.69, 9.17) is 14.2 Å². The zero-order chi connectivity index (χ0) is 25.2. The van der Waals surface area contributed by atoms with Crippen LogP contribution in [0.5, 0.6) is 17.2 Å². The first-order chi connectivity index (χ1) is 17.4. The Hall–Kier alpha value is -3.71. The van der Waals surface area contributed by atoms with E-state index in [1.807, 2.05) is 72.4 Å². The fourth-order valence-corrected chi connectivity index (χ4v) is 4.98. The van der Waals surface area contributed by atoms with E-state index in [2.05, 4.69) is 0 Å². The summed E-state index contributed by atoms with van der Waals surface area (Å²) >= 11 is 0. The van der Waals surface area contributed by atoms with E-state index in [0.717, 1.165) is 47.5 Å². The largest absolute Gasteiger partial charge is 0.508 e. The van der Waals surface area contributed by atoms with Crippen molar-refractivity contribution < 1.29 is 24.1 Å². The molecule has 7 heteroatoms. The second-order valence-electron chi connectivity index (χ2n) is 9.49. The van der Waals surface area contributed by atoms with E-state index in [-0.39, 0.29) is 30.2 Å². The maximum absolute atomic E-state index is 13.6. The molecule has 3 aromatic rings. The minimum Gasteiger partial charge on any atom is -0.508 e. The monoisotopic (exact) mass is 488 g/mol. The summed E-state index contributed by atoms with van der Waals surface area (Å²) in [6.07, 6.45) is 2.35. The number of carbonyl (C=O) groups is 1. The topological polar surface area (TPSA) is 71.5 Å². The van der Waals surface area contributed by atoms with Gasteiger partial charge in [-0.2, -0.15) is 0 Å². The molecule has 5 rings (SSSR count). The van der Waals surface area contributed by atoms with Gasteiger partial charge in [-0.1, -0.05) is 12.1 Å². The van der Waals surface area contributed by atoms with Crippen LogP contribution in [0.25, 0.3) is 0 Å². The van der Waals surface area contributed by atoms with Gasteiger partial charge in [-0.3, -0.25) is 4.79 Å². The van der Waals surface area contributed by atoms with Crippen molar-refractivity contribution in [2.24, 2.45) is 0 Å². The minimum atomic E-state index is -0.386. The number of aromatic hydroxyl groups is 1. The molecule has 1 fully saturated rings. The van der Waals surface area contributed by atoms with Crippen LogP contribution >= 0.6 is 0 Å². The van der Waals surface area contributed by atoms with Gasteiger partial charge >= 0.3 is 0 Å². The number of fused-ring (bicyclic) bond motifs is 1. The Morgan fingerprint density at radius 3 is 2.44 bits per heavy atom. The predicted octanol–water partition coefficient (Wildman–Crippen LogP) is 4.70. The van der Waals surface area contributed by atoms with Crippen molar-refractivity contribution in [2.45, 2.75) is 31.4 Å². The summed E-state index contributed by atoms with van der Waals surface area (Å²) in [6, 6.07) is 18.5. The molecule has 0 spiro atoms. The third-order valence-electron chi connectivity index (χ3n) is 6.89. The van der Waals surface area contributed by atoms with Crippen LogP contribution in [0.1, 0.15) is 35.6 Å². The molecule has 2 atom stereocenters. The van der Waals surface area contributed by atoms with Gasteiger partial charge < -0.3 is 29.1 Å². The quantitative estimate of drug-likeness (QED) is 0.520. The van der Waals surface area contributed by atoms with Gasteiger partial charge in [-0.15, -0.1) is 0 Å². The van der Waals surface area contributed by atoms with Crippen molar-refractivity contribution in [3.05, 3.63) is 77.4 Å². The number of hydrogen-bond acceptors (Lipinski definition) is 6. The summed E-state index contributed by atoms with van der Waals surface area (Å²) in [6.45, 7) is 1.22. The van der Waals surface area contributed by atoms with E-state index in [1.54, 1.807) is 19.2 Å². The normalized spacial score (nSPS) is 19.2. The second-order valence-corrected chi connectivity index (χ2v) is 9.49. The number of methoxy groups -OCH3 is 1. The van der Waals surface area contributed by atoms with E-state index in [0.29, 0.717) is 18.1 Å². The number of hydrogen-bond donors (Lipinski definition) is 1. The Labute approximate surface area is 211 Å². The molecule has 1 amide bonds. The molecule has 0 bridgehead atoms. The molecule has 2 heterocycles. The molecular weight excluding hydrogens is 456 g/mol. The fraction of sp³-hybridized carbons (Fsp3) is 0.345. The van der Waals surface area contributed by atoms with Crippen LogP contribution in [-0.4, -0.2) is 51.5 Å². The maximum Gasteiger partial charge on any atom is 0.232 e. The first-order valence-electron chi connectivity index (χ1n) is 12.3. The summed E-state index contributed by atoms with van der Waals surface area (Å²) in [5, 5.41) is 9.92. The first-order valence-corrected chi connectivity index (χ1v) is 12.3. The number of ether oxygens (including phenoxy) is 3. The van der Waals surface area contributed by atoms with Gasteiger partial charge in [0.2, 0.25) is 5.91 Å². The summed E-state index contributed by atoms with van der Waals surface area (Å²) in [5.74, 6) is 1.41. The molecule has 1 unspecified atom stereocenters. The summed E-state index contributed by atoms with van der Waals surface area (Å²) in [7, 11) is 5.59. The van der Waals surface area contributed by atoms with Gasteiger partial charge in [0.15, 0.2) is 11.5 Å². The van der Waals surface area contributed by atoms with Gasteiger partial charge in [0.25, 0.3) is 0 Å². The number of benzene rings is 3. The molecule has 0 aliphatic carbocycles. The van der Waals surface area contributed by atoms with Gasteiger partial charge in [-0.25, -0.2) is 0 Å². The molecule has 0 saturated carbocycles. The van der Waals surface area contributed by atoms with Crippen molar-refractivity contribution in [3.8, 4) is 17.2 Å². The average Bonchev–Trinajstić information content (AvgIpc) is 3.41. The Kier molecular flexibility index (Phi) is 6.74. The third kappa shape index (κ3) is 4.71. The highest BCUT2D eigenvalue weighted by atomic mass is 16.5. The molecule has 2 aliphatic rings. The molecular formula is C29H32N2O5. The van der Waals surface area contributed by atoms with Gasteiger partial charge in [-0.05, 0) is 78.1 Å². The Bertz CT molecular complexity index is 1220. The first kappa shape index (κ1) is 24.0. The van der Waals surface area contributed by atoms with Crippen molar-refractivity contribution in [1.82, 2.24) is 0 Å². The van der Waals surface area contributed by atoms with Crippen molar-refractivity contribution >= 4 is 17.3 Å². The summed E-state index contributed by atoms with van der Waals surface area (Å²) in [5.41, 5.74) is 4.64. The average molecular weight is 489 g/mol. The van der Waals surface area contributed by atoms with E-state index >= 15 is 0 Å². The van der Waals surface area contributed by atoms with Crippen molar-refractivity contribution in [2.75, 3.05) is 44.2 Å². The van der Waals surface area contributed by atoms with Crippen LogP contribution in [0, 0.1) is 0 Å². The van der Waals surface area contributed by atoms with E-state index in [1.165, 1.54) is 0 Å². The Morgan fingerprint density at radius 1 is 1.06 bits per heavy atom. The lowest BCUT2D eigenvalue weighted by molar-refractivity contribution is -0.118. The minimum absolute atomic E-state index is 0.00625.